The van der Waals surface area contributed by atoms with Crippen molar-refractivity contribution in [3.63, 3.8) is 0 Å². The van der Waals surface area contributed by atoms with Gasteiger partial charge in [-0.3, -0.25) is 4.79 Å². The average molecular weight is 214 g/mol. The molecule has 1 aliphatic carbocycles. The summed E-state index contributed by atoms with van der Waals surface area (Å²) in [5, 5.41) is 19.8. The minimum Gasteiger partial charge on any atom is -0.432 e. The maximum absolute atomic E-state index is 11.8. The summed E-state index contributed by atoms with van der Waals surface area (Å²) in [5.41, 5.74) is -1.03. The number of aliphatic hydroxyl groups excluding tert-OH is 2. The molecule has 5 nitrogen and oxygen atoms in total. The molecule has 84 valence electrons. The number of aliphatic hydroxyl groups is 2. The molecule has 0 aromatic rings. The first-order valence-electron chi connectivity index (χ1n) is 5.31. The standard InChI is InChI=1S/C10H14O5/c1-4-2-3-5(11)7-10(4)6(12)8(14-7)15-9(10)13/h4-8,11-12H,2-3H2,1H3/t4-,5+,6+,7?,8?,10?/m1/s1. The predicted molar refractivity (Wildman–Crippen MR) is 47.6 cm³/mol. The fourth-order valence-corrected chi connectivity index (χ4v) is 3.25. The highest BCUT2D eigenvalue weighted by Gasteiger charge is 2.73. The van der Waals surface area contributed by atoms with E-state index < -0.39 is 36.0 Å². The van der Waals surface area contributed by atoms with Crippen LogP contribution >= 0.6 is 0 Å². The molecule has 3 fully saturated rings. The number of carbonyl (C=O) groups excluding carboxylic acids is 1. The van der Waals surface area contributed by atoms with Gasteiger partial charge >= 0.3 is 5.97 Å². The van der Waals surface area contributed by atoms with E-state index in [-0.39, 0.29) is 5.92 Å². The summed E-state index contributed by atoms with van der Waals surface area (Å²) in [6.07, 6.45) is -1.76. The van der Waals surface area contributed by atoms with Crippen LogP contribution in [0.2, 0.25) is 0 Å². The molecule has 2 N–H and O–H groups in total. The molecule has 2 saturated heterocycles. The minimum atomic E-state index is -1.03. The van der Waals surface area contributed by atoms with Gasteiger partial charge in [0.1, 0.15) is 17.6 Å². The van der Waals surface area contributed by atoms with Gasteiger partial charge in [-0.05, 0) is 18.8 Å². The fourth-order valence-electron chi connectivity index (χ4n) is 3.25. The van der Waals surface area contributed by atoms with Crippen molar-refractivity contribution in [3.05, 3.63) is 0 Å². The monoisotopic (exact) mass is 214 g/mol. The Morgan fingerprint density at radius 2 is 2.13 bits per heavy atom. The number of hydrogen-bond acceptors (Lipinski definition) is 5. The van der Waals surface area contributed by atoms with Crippen molar-refractivity contribution in [3.8, 4) is 0 Å². The van der Waals surface area contributed by atoms with Gasteiger partial charge in [0.05, 0.1) is 6.10 Å². The third-order valence-electron chi connectivity index (χ3n) is 4.14. The molecule has 0 amide bonds. The topological polar surface area (TPSA) is 76.0 Å². The average Bonchev–Trinajstić information content (AvgIpc) is 2.62. The van der Waals surface area contributed by atoms with Crippen molar-refractivity contribution in [1.29, 1.82) is 0 Å². The summed E-state index contributed by atoms with van der Waals surface area (Å²) in [7, 11) is 0. The SMILES string of the molecule is C[C@@H]1CC[C@H](O)C2OC3OC(=O)C21[C@H]3O. The Balaban J connectivity index is 2.09. The molecule has 0 aromatic carbocycles. The molecular formula is C10H14O5. The molecule has 1 saturated carbocycles. The maximum atomic E-state index is 11.8. The number of hydrogen-bond donors (Lipinski definition) is 2. The van der Waals surface area contributed by atoms with E-state index in [0.29, 0.717) is 12.8 Å². The van der Waals surface area contributed by atoms with E-state index in [1.165, 1.54) is 0 Å². The van der Waals surface area contributed by atoms with Crippen molar-refractivity contribution in [2.75, 3.05) is 0 Å². The van der Waals surface area contributed by atoms with Crippen LogP contribution in [0.15, 0.2) is 0 Å². The number of fused-ring (bicyclic) bond motifs is 1. The van der Waals surface area contributed by atoms with Gasteiger partial charge in [0.25, 0.3) is 0 Å². The summed E-state index contributed by atoms with van der Waals surface area (Å²) in [5.74, 6) is -0.427. The van der Waals surface area contributed by atoms with Gasteiger partial charge in [-0.2, -0.15) is 0 Å². The van der Waals surface area contributed by atoms with Crippen LogP contribution in [0.4, 0.5) is 0 Å². The highest BCUT2D eigenvalue weighted by atomic mass is 16.7. The van der Waals surface area contributed by atoms with E-state index in [1.807, 2.05) is 6.92 Å². The van der Waals surface area contributed by atoms with Crippen LogP contribution in [-0.2, 0) is 14.3 Å². The fraction of sp³-hybridized carbons (Fsp3) is 0.900. The second-order valence-electron chi connectivity index (χ2n) is 4.75. The molecule has 1 spiro atoms. The summed E-state index contributed by atoms with van der Waals surface area (Å²) in [6.45, 7) is 1.90. The number of carbonyl (C=O) groups is 1. The molecular weight excluding hydrogens is 200 g/mol. The van der Waals surface area contributed by atoms with Crippen LogP contribution in [0.5, 0.6) is 0 Å². The Labute approximate surface area is 87.0 Å². The summed E-state index contributed by atoms with van der Waals surface area (Å²) in [4.78, 5) is 11.8. The van der Waals surface area contributed by atoms with Crippen molar-refractivity contribution in [2.45, 2.75) is 44.4 Å². The van der Waals surface area contributed by atoms with E-state index in [1.54, 1.807) is 0 Å². The van der Waals surface area contributed by atoms with Crippen LogP contribution in [0.25, 0.3) is 0 Å². The van der Waals surface area contributed by atoms with Crippen molar-refractivity contribution >= 4 is 5.97 Å². The van der Waals surface area contributed by atoms with E-state index >= 15 is 0 Å². The molecule has 0 radical (unpaired) electrons. The van der Waals surface area contributed by atoms with E-state index in [4.69, 9.17) is 9.47 Å². The van der Waals surface area contributed by atoms with Crippen LogP contribution in [0, 0.1) is 11.3 Å². The van der Waals surface area contributed by atoms with Gasteiger partial charge in [-0.1, -0.05) is 6.92 Å². The second-order valence-corrected chi connectivity index (χ2v) is 4.75. The minimum absolute atomic E-state index is 0.0131. The van der Waals surface area contributed by atoms with E-state index in [0.717, 1.165) is 0 Å². The quantitative estimate of drug-likeness (QED) is 0.527. The lowest BCUT2D eigenvalue weighted by Crippen LogP contribution is -2.56. The first kappa shape index (κ1) is 9.57. The molecule has 3 aliphatic rings. The molecule has 2 aliphatic heterocycles. The Bertz CT molecular complexity index is 317. The van der Waals surface area contributed by atoms with E-state index in [9.17, 15) is 15.0 Å². The largest absolute Gasteiger partial charge is 0.432 e. The lowest BCUT2D eigenvalue weighted by Gasteiger charge is -2.43. The zero-order valence-electron chi connectivity index (χ0n) is 8.42. The van der Waals surface area contributed by atoms with Crippen molar-refractivity contribution in [2.24, 2.45) is 11.3 Å². The van der Waals surface area contributed by atoms with E-state index in [2.05, 4.69) is 0 Å². The highest BCUT2D eigenvalue weighted by Crippen LogP contribution is 2.56. The molecule has 2 bridgehead atoms. The Morgan fingerprint density at radius 3 is 2.73 bits per heavy atom. The third kappa shape index (κ3) is 0.874. The predicted octanol–water partition coefficient (Wildman–Crippen LogP) is -0.594. The molecule has 6 atom stereocenters. The van der Waals surface area contributed by atoms with Gasteiger partial charge in [0.2, 0.25) is 6.29 Å². The van der Waals surface area contributed by atoms with Gasteiger partial charge in [0.15, 0.2) is 0 Å². The molecule has 0 aromatic heterocycles. The third-order valence-corrected chi connectivity index (χ3v) is 4.14. The lowest BCUT2D eigenvalue weighted by molar-refractivity contribution is -0.223. The molecule has 3 rings (SSSR count). The number of rotatable bonds is 0. The van der Waals surface area contributed by atoms with Gasteiger partial charge in [0, 0.05) is 0 Å². The lowest BCUT2D eigenvalue weighted by atomic mass is 9.63. The smallest absolute Gasteiger partial charge is 0.320 e. The molecule has 2 heterocycles. The normalized spacial score (nSPS) is 57.8. The van der Waals surface area contributed by atoms with Gasteiger partial charge < -0.3 is 19.7 Å². The zero-order valence-corrected chi connectivity index (χ0v) is 8.42. The van der Waals surface area contributed by atoms with Crippen molar-refractivity contribution in [1.82, 2.24) is 0 Å². The maximum Gasteiger partial charge on any atom is 0.320 e. The molecule has 5 heteroatoms. The Hall–Kier alpha value is -0.650. The first-order chi connectivity index (χ1) is 7.08. The van der Waals surface area contributed by atoms with Crippen LogP contribution in [-0.4, -0.2) is 40.8 Å². The number of esters is 1. The van der Waals surface area contributed by atoms with Crippen LogP contribution in [0.3, 0.4) is 0 Å². The number of ether oxygens (including phenoxy) is 2. The Morgan fingerprint density at radius 1 is 1.40 bits per heavy atom. The summed E-state index contributed by atoms with van der Waals surface area (Å²) in [6, 6.07) is 0. The molecule has 15 heavy (non-hydrogen) atoms. The second kappa shape index (κ2) is 2.72. The van der Waals surface area contributed by atoms with Gasteiger partial charge in [-0.25, -0.2) is 0 Å². The summed E-state index contributed by atoms with van der Waals surface area (Å²) < 4.78 is 10.3. The van der Waals surface area contributed by atoms with Crippen LogP contribution in [0.1, 0.15) is 19.8 Å². The van der Waals surface area contributed by atoms with Crippen molar-refractivity contribution < 1.29 is 24.5 Å². The summed E-state index contributed by atoms with van der Waals surface area (Å²) >= 11 is 0. The molecule has 3 unspecified atom stereocenters. The highest BCUT2D eigenvalue weighted by molar-refractivity contribution is 5.82. The van der Waals surface area contributed by atoms with Crippen LogP contribution < -0.4 is 0 Å². The van der Waals surface area contributed by atoms with Gasteiger partial charge in [-0.15, -0.1) is 0 Å². The Kier molecular flexibility index (Phi) is 1.74. The first-order valence-corrected chi connectivity index (χ1v) is 5.31. The zero-order chi connectivity index (χ0) is 10.8.